The van der Waals surface area contributed by atoms with Gasteiger partial charge in [-0.1, -0.05) is 6.07 Å². The molecule has 4 nitrogen and oxygen atoms in total. The highest BCUT2D eigenvalue weighted by atomic mass is 16.3. The molecular weight excluding hydrogens is 142 g/mol. The molecule has 4 heteroatoms. The molecule has 0 aliphatic rings. The second-order valence-electron chi connectivity index (χ2n) is 1.92. The number of aromatic nitrogens is 1. The van der Waals surface area contributed by atoms with Gasteiger partial charge in [-0.05, 0) is 11.2 Å². The van der Waals surface area contributed by atoms with Crippen LogP contribution in [0.4, 0.5) is 0 Å². The molecule has 0 aliphatic carbocycles. The van der Waals surface area contributed by atoms with E-state index >= 15 is 0 Å². The van der Waals surface area contributed by atoms with Crippen LogP contribution in [0.15, 0.2) is 29.7 Å². The zero-order valence-electron chi connectivity index (χ0n) is 5.64. The van der Waals surface area contributed by atoms with Crippen LogP contribution >= 0.6 is 0 Å². The number of hydrogen-bond donors (Lipinski definition) is 0. The van der Waals surface area contributed by atoms with Crippen molar-refractivity contribution in [1.82, 2.24) is 4.98 Å². The van der Waals surface area contributed by atoms with Crippen LogP contribution in [0.25, 0.3) is 0 Å². The Labute approximate surface area is 63.5 Å². The summed E-state index contributed by atoms with van der Waals surface area (Å²) in [4.78, 5) is 13.8. The molecular formula is C7H5N3O. The van der Waals surface area contributed by atoms with Gasteiger partial charge >= 0.3 is 0 Å². The van der Waals surface area contributed by atoms with E-state index in [1.54, 1.807) is 24.4 Å². The molecule has 0 fully saturated rings. The Morgan fingerprint density at radius 1 is 1.73 bits per heavy atom. The average Bonchev–Trinajstić information content (AvgIpc) is 2.09. The maximum atomic E-state index is 10.0. The van der Waals surface area contributed by atoms with Crippen molar-refractivity contribution in [1.29, 1.82) is 5.26 Å². The third-order valence-electron chi connectivity index (χ3n) is 1.23. The van der Waals surface area contributed by atoms with Gasteiger partial charge in [0.1, 0.15) is 0 Å². The highest BCUT2D eigenvalue weighted by Gasteiger charge is 2.08. The van der Waals surface area contributed by atoms with Crippen molar-refractivity contribution in [2.75, 3.05) is 0 Å². The summed E-state index contributed by atoms with van der Waals surface area (Å²) in [7, 11) is 0. The van der Waals surface area contributed by atoms with Gasteiger partial charge in [0, 0.05) is 18.0 Å². The number of hydrogen-bond acceptors (Lipinski definition) is 4. The fraction of sp³-hybridized carbons (Fsp3) is 0.143. The molecule has 1 aromatic rings. The number of nitriles is 1. The molecule has 0 N–H and O–H groups in total. The summed E-state index contributed by atoms with van der Waals surface area (Å²) in [5.41, 5.74) is 0.532. The third kappa shape index (κ3) is 1.58. The van der Waals surface area contributed by atoms with Crippen LogP contribution in [0.1, 0.15) is 11.6 Å². The van der Waals surface area contributed by atoms with Crippen molar-refractivity contribution < 1.29 is 0 Å². The van der Waals surface area contributed by atoms with Gasteiger partial charge in [-0.25, -0.2) is 0 Å². The third-order valence-corrected chi connectivity index (χ3v) is 1.23. The van der Waals surface area contributed by atoms with Crippen molar-refractivity contribution >= 4 is 0 Å². The highest BCUT2D eigenvalue weighted by molar-refractivity contribution is 5.19. The van der Waals surface area contributed by atoms with E-state index in [2.05, 4.69) is 10.2 Å². The summed E-state index contributed by atoms with van der Waals surface area (Å²) in [6.07, 6.45) is 3.03. The van der Waals surface area contributed by atoms with E-state index in [1.165, 1.54) is 6.20 Å². The molecule has 0 spiro atoms. The summed E-state index contributed by atoms with van der Waals surface area (Å²) < 4.78 is 0. The lowest BCUT2D eigenvalue weighted by atomic mass is 10.1. The van der Waals surface area contributed by atoms with Gasteiger partial charge in [-0.15, -0.1) is 4.91 Å². The first kappa shape index (κ1) is 7.35. The van der Waals surface area contributed by atoms with Gasteiger partial charge in [0.05, 0.1) is 6.07 Å². The summed E-state index contributed by atoms with van der Waals surface area (Å²) in [6.45, 7) is 0. The van der Waals surface area contributed by atoms with E-state index in [1.807, 2.05) is 0 Å². The van der Waals surface area contributed by atoms with Gasteiger partial charge in [-0.2, -0.15) is 5.26 Å². The summed E-state index contributed by atoms with van der Waals surface area (Å²) >= 11 is 0. The SMILES string of the molecule is N#CC(N=O)c1cccnc1. The number of nitroso groups, excluding NO2 is 1. The molecule has 0 aliphatic heterocycles. The Balaban J connectivity index is 2.93. The normalized spacial score (nSPS) is 11.5. The molecule has 54 valence electrons. The average molecular weight is 147 g/mol. The lowest BCUT2D eigenvalue weighted by molar-refractivity contribution is 0.906. The van der Waals surface area contributed by atoms with Crippen molar-refractivity contribution in [3.05, 3.63) is 35.0 Å². The van der Waals surface area contributed by atoms with Gasteiger partial charge in [0.25, 0.3) is 0 Å². The summed E-state index contributed by atoms with van der Waals surface area (Å²) in [5.74, 6) is 0. The van der Waals surface area contributed by atoms with Gasteiger partial charge in [0.2, 0.25) is 6.04 Å². The molecule has 1 atom stereocenters. The minimum atomic E-state index is -0.927. The fourth-order valence-corrected chi connectivity index (χ4v) is 0.697. The first-order chi connectivity index (χ1) is 5.38. The predicted molar refractivity (Wildman–Crippen MR) is 38.4 cm³/mol. The van der Waals surface area contributed by atoms with E-state index in [-0.39, 0.29) is 0 Å². The van der Waals surface area contributed by atoms with E-state index < -0.39 is 6.04 Å². The van der Waals surface area contributed by atoms with Crippen LogP contribution in [0.3, 0.4) is 0 Å². The van der Waals surface area contributed by atoms with Crippen molar-refractivity contribution in [2.24, 2.45) is 5.18 Å². The van der Waals surface area contributed by atoms with E-state index in [0.29, 0.717) is 5.56 Å². The fourth-order valence-electron chi connectivity index (χ4n) is 0.697. The van der Waals surface area contributed by atoms with Crippen molar-refractivity contribution in [3.63, 3.8) is 0 Å². The predicted octanol–water partition coefficient (Wildman–Crippen LogP) is 1.41. The van der Waals surface area contributed by atoms with Gasteiger partial charge < -0.3 is 0 Å². The van der Waals surface area contributed by atoms with Crippen LogP contribution < -0.4 is 0 Å². The Hall–Kier alpha value is -1.76. The van der Waals surface area contributed by atoms with E-state index in [9.17, 15) is 4.91 Å². The first-order valence-corrected chi connectivity index (χ1v) is 3.00. The van der Waals surface area contributed by atoms with E-state index in [4.69, 9.17) is 5.26 Å². The molecule has 1 rings (SSSR count). The molecule has 1 unspecified atom stereocenters. The molecule has 0 bridgehead atoms. The molecule has 0 saturated carbocycles. The Kier molecular flexibility index (Phi) is 2.28. The highest BCUT2D eigenvalue weighted by Crippen LogP contribution is 2.13. The summed E-state index contributed by atoms with van der Waals surface area (Å²) in [5, 5.41) is 11.0. The Morgan fingerprint density at radius 2 is 2.55 bits per heavy atom. The van der Waals surface area contributed by atoms with Crippen molar-refractivity contribution in [2.45, 2.75) is 6.04 Å². The number of rotatable bonds is 2. The quantitative estimate of drug-likeness (QED) is 0.594. The van der Waals surface area contributed by atoms with Crippen LogP contribution in [0.2, 0.25) is 0 Å². The van der Waals surface area contributed by atoms with Crippen LogP contribution in [-0.2, 0) is 0 Å². The zero-order valence-corrected chi connectivity index (χ0v) is 5.64. The molecule has 0 saturated heterocycles. The molecule has 1 aromatic heterocycles. The maximum Gasteiger partial charge on any atom is 0.204 e. The smallest absolute Gasteiger partial charge is 0.204 e. The van der Waals surface area contributed by atoms with E-state index in [0.717, 1.165) is 0 Å². The lowest BCUT2D eigenvalue weighted by Gasteiger charge is -1.96. The van der Waals surface area contributed by atoms with Crippen LogP contribution in [0.5, 0.6) is 0 Å². The second kappa shape index (κ2) is 3.42. The Bertz CT molecular complexity index is 277. The lowest BCUT2D eigenvalue weighted by Crippen LogP contribution is -1.90. The van der Waals surface area contributed by atoms with Gasteiger partial charge in [0.15, 0.2) is 0 Å². The summed E-state index contributed by atoms with van der Waals surface area (Å²) in [6, 6.07) is 4.12. The maximum absolute atomic E-state index is 10.0. The Morgan fingerprint density at radius 3 is 3.00 bits per heavy atom. The molecule has 0 radical (unpaired) electrons. The standard InChI is InChI=1S/C7H5N3O/c8-4-7(10-11)6-2-1-3-9-5-6/h1-3,5,7H. The van der Waals surface area contributed by atoms with Crippen LogP contribution in [-0.4, -0.2) is 4.98 Å². The topological polar surface area (TPSA) is 66.1 Å². The monoisotopic (exact) mass is 147 g/mol. The molecule has 1 heterocycles. The van der Waals surface area contributed by atoms with Gasteiger partial charge in [-0.3, -0.25) is 4.98 Å². The number of pyridine rings is 1. The molecule has 0 amide bonds. The second-order valence-corrected chi connectivity index (χ2v) is 1.92. The molecule has 0 aromatic carbocycles. The zero-order chi connectivity index (χ0) is 8.10. The molecule has 11 heavy (non-hydrogen) atoms. The van der Waals surface area contributed by atoms with Crippen LogP contribution in [0, 0.1) is 16.2 Å². The number of nitrogens with zero attached hydrogens (tertiary/aromatic N) is 3. The van der Waals surface area contributed by atoms with Crippen molar-refractivity contribution in [3.8, 4) is 6.07 Å². The minimum absolute atomic E-state index is 0.532. The first-order valence-electron chi connectivity index (χ1n) is 3.00. The minimum Gasteiger partial charge on any atom is -0.264 e. The largest absolute Gasteiger partial charge is 0.264 e.